The van der Waals surface area contributed by atoms with Gasteiger partial charge in [0.05, 0.1) is 20.0 Å². The van der Waals surface area contributed by atoms with Crippen LogP contribution in [0.3, 0.4) is 0 Å². The van der Waals surface area contributed by atoms with Crippen LogP contribution in [0.15, 0.2) is 97.9 Å². The fraction of sp³-hybridized carbons (Fsp3) is 0.200. The first-order valence-electron chi connectivity index (χ1n) is 12.2. The molecule has 1 aliphatic rings. The standard InChI is InChI=1S/C30H27NO6/c1-34-25-12-6-21(7-13-25)8-14-26(32)31-24-10-4-20(5-11-24)3-2-17-35-30-28-23(16-18-36-28)19-22-9-15-27(33)37-29(22)30/h4,6-10,12-16,18-19H,2-3,5,11,17H2,1H3,(H,31,32)/b14-8+. The van der Waals surface area contributed by atoms with Crippen molar-refractivity contribution in [1.82, 2.24) is 5.32 Å². The molecule has 1 amide bonds. The van der Waals surface area contributed by atoms with Crippen molar-refractivity contribution in [3.63, 3.8) is 0 Å². The van der Waals surface area contributed by atoms with Gasteiger partial charge in [0.2, 0.25) is 11.7 Å². The Labute approximate surface area is 213 Å². The van der Waals surface area contributed by atoms with Gasteiger partial charge in [-0.25, -0.2) is 4.79 Å². The van der Waals surface area contributed by atoms with Crippen molar-refractivity contribution in [2.24, 2.45) is 0 Å². The van der Waals surface area contributed by atoms with Crippen molar-refractivity contribution in [3.05, 3.63) is 100 Å². The van der Waals surface area contributed by atoms with Gasteiger partial charge in [0, 0.05) is 28.6 Å². The summed E-state index contributed by atoms with van der Waals surface area (Å²) in [6, 6.07) is 14.4. The molecule has 5 rings (SSSR count). The van der Waals surface area contributed by atoms with Gasteiger partial charge in [0.25, 0.3) is 0 Å². The van der Waals surface area contributed by atoms with E-state index in [-0.39, 0.29) is 5.91 Å². The topological polar surface area (TPSA) is 90.9 Å². The number of nitrogens with one attached hydrogen (secondary N) is 1. The lowest BCUT2D eigenvalue weighted by Gasteiger charge is -2.15. The van der Waals surface area contributed by atoms with E-state index in [4.69, 9.17) is 18.3 Å². The Kier molecular flexibility index (Phi) is 7.21. The molecule has 37 heavy (non-hydrogen) atoms. The maximum atomic E-state index is 12.3. The summed E-state index contributed by atoms with van der Waals surface area (Å²) < 4.78 is 22.2. The second-order valence-corrected chi connectivity index (χ2v) is 8.78. The van der Waals surface area contributed by atoms with E-state index < -0.39 is 5.63 Å². The molecule has 0 fully saturated rings. The second kappa shape index (κ2) is 11.0. The number of hydrogen-bond acceptors (Lipinski definition) is 6. The quantitative estimate of drug-likeness (QED) is 0.170. The zero-order chi connectivity index (χ0) is 25.6. The minimum Gasteiger partial charge on any atom is -0.497 e. The molecule has 7 heteroatoms. The molecule has 2 heterocycles. The number of furan rings is 1. The fourth-order valence-electron chi connectivity index (χ4n) is 4.29. The Morgan fingerprint density at radius 1 is 1.03 bits per heavy atom. The second-order valence-electron chi connectivity index (χ2n) is 8.78. The molecular weight excluding hydrogens is 470 g/mol. The normalized spacial score (nSPS) is 13.5. The third-order valence-corrected chi connectivity index (χ3v) is 6.23. The van der Waals surface area contributed by atoms with Crippen molar-refractivity contribution in [2.75, 3.05) is 13.7 Å². The molecule has 0 aliphatic heterocycles. The molecule has 0 saturated heterocycles. The van der Waals surface area contributed by atoms with Gasteiger partial charge in [-0.2, -0.15) is 0 Å². The molecule has 0 spiro atoms. The Bertz CT molecular complexity index is 1570. The molecule has 0 bridgehead atoms. The molecule has 188 valence electrons. The smallest absolute Gasteiger partial charge is 0.336 e. The molecule has 0 unspecified atom stereocenters. The van der Waals surface area contributed by atoms with Gasteiger partial charge >= 0.3 is 5.63 Å². The van der Waals surface area contributed by atoms with Gasteiger partial charge in [0.1, 0.15) is 5.75 Å². The molecule has 4 aromatic rings. The predicted molar refractivity (Wildman–Crippen MR) is 143 cm³/mol. The minimum atomic E-state index is -0.429. The molecule has 0 radical (unpaired) electrons. The van der Waals surface area contributed by atoms with E-state index in [1.165, 1.54) is 17.7 Å². The maximum absolute atomic E-state index is 12.3. The van der Waals surface area contributed by atoms with Crippen LogP contribution in [-0.4, -0.2) is 19.6 Å². The highest BCUT2D eigenvalue weighted by Gasteiger charge is 2.15. The summed E-state index contributed by atoms with van der Waals surface area (Å²) in [7, 11) is 1.62. The van der Waals surface area contributed by atoms with Gasteiger partial charge in [-0.05, 0) is 73.7 Å². The first-order chi connectivity index (χ1) is 18.1. The van der Waals surface area contributed by atoms with Crippen LogP contribution in [-0.2, 0) is 4.79 Å². The Balaban J connectivity index is 1.14. The highest BCUT2D eigenvalue weighted by Crippen LogP contribution is 2.35. The number of hydrogen-bond donors (Lipinski definition) is 1. The third kappa shape index (κ3) is 5.83. The summed E-state index contributed by atoms with van der Waals surface area (Å²) in [5.41, 5.74) is 3.66. The van der Waals surface area contributed by atoms with Gasteiger partial charge in [-0.1, -0.05) is 23.8 Å². The number of benzene rings is 2. The van der Waals surface area contributed by atoms with Crippen LogP contribution in [0.2, 0.25) is 0 Å². The number of ether oxygens (including phenoxy) is 2. The van der Waals surface area contributed by atoms with E-state index in [0.29, 0.717) is 23.5 Å². The van der Waals surface area contributed by atoms with Gasteiger partial charge < -0.3 is 23.6 Å². The summed E-state index contributed by atoms with van der Waals surface area (Å²) in [6.45, 7) is 0.453. The molecule has 7 nitrogen and oxygen atoms in total. The Hall–Kier alpha value is -4.52. The van der Waals surface area contributed by atoms with Gasteiger partial charge in [-0.15, -0.1) is 0 Å². The lowest BCUT2D eigenvalue weighted by atomic mass is 9.98. The van der Waals surface area contributed by atoms with Crippen LogP contribution in [0.4, 0.5) is 0 Å². The van der Waals surface area contributed by atoms with Crippen LogP contribution < -0.4 is 20.4 Å². The predicted octanol–water partition coefficient (Wildman–Crippen LogP) is 6.14. The van der Waals surface area contributed by atoms with Crippen molar-refractivity contribution < 1.29 is 23.1 Å². The monoisotopic (exact) mass is 497 g/mol. The fourth-order valence-corrected chi connectivity index (χ4v) is 4.29. The zero-order valence-corrected chi connectivity index (χ0v) is 20.5. The molecule has 0 saturated carbocycles. The Morgan fingerprint density at radius 3 is 2.65 bits per heavy atom. The first-order valence-corrected chi connectivity index (χ1v) is 12.2. The highest BCUT2D eigenvalue weighted by atomic mass is 16.5. The molecule has 1 N–H and O–H groups in total. The molecule has 1 aliphatic carbocycles. The maximum Gasteiger partial charge on any atom is 0.336 e. The van der Waals surface area contributed by atoms with E-state index >= 15 is 0 Å². The lowest BCUT2D eigenvalue weighted by molar-refractivity contribution is -0.115. The summed E-state index contributed by atoms with van der Waals surface area (Å²) in [4.78, 5) is 24.1. The van der Waals surface area contributed by atoms with Crippen molar-refractivity contribution >= 4 is 33.9 Å². The average molecular weight is 498 g/mol. The molecule has 0 atom stereocenters. The van der Waals surface area contributed by atoms with E-state index in [2.05, 4.69) is 11.4 Å². The summed E-state index contributed by atoms with van der Waals surface area (Å²) in [6.07, 6.45) is 12.2. The molecule has 2 aromatic carbocycles. The van der Waals surface area contributed by atoms with E-state index in [1.807, 2.05) is 42.5 Å². The number of methoxy groups -OCH3 is 1. The number of amides is 1. The number of fused-ring (bicyclic) bond motifs is 2. The van der Waals surface area contributed by atoms with Gasteiger partial charge in [0.15, 0.2) is 11.2 Å². The van der Waals surface area contributed by atoms with Crippen LogP contribution in [0.1, 0.15) is 31.2 Å². The summed E-state index contributed by atoms with van der Waals surface area (Å²) >= 11 is 0. The summed E-state index contributed by atoms with van der Waals surface area (Å²) in [5, 5.41) is 4.63. The summed E-state index contributed by atoms with van der Waals surface area (Å²) in [5.74, 6) is 1.08. The largest absolute Gasteiger partial charge is 0.497 e. The van der Waals surface area contributed by atoms with Crippen molar-refractivity contribution in [1.29, 1.82) is 0 Å². The highest BCUT2D eigenvalue weighted by molar-refractivity contribution is 6.00. The zero-order valence-electron chi connectivity index (χ0n) is 20.5. The van der Waals surface area contributed by atoms with Crippen molar-refractivity contribution in [3.8, 4) is 11.5 Å². The Morgan fingerprint density at radius 2 is 1.86 bits per heavy atom. The number of allylic oxidation sites excluding steroid dienone is 4. The molecular formula is C30H27NO6. The van der Waals surface area contributed by atoms with Crippen LogP contribution >= 0.6 is 0 Å². The van der Waals surface area contributed by atoms with Crippen LogP contribution in [0.25, 0.3) is 28.0 Å². The molecule has 2 aromatic heterocycles. The van der Waals surface area contributed by atoms with Crippen LogP contribution in [0.5, 0.6) is 11.5 Å². The number of rotatable bonds is 9. The van der Waals surface area contributed by atoms with Crippen molar-refractivity contribution in [2.45, 2.75) is 25.7 Å². The average Bonchev–Trinajstić information content (AvgIpc) is 3.39. The third-order valence-electron chi connectivity index (χ3n) is 6.23. The SMILES string of the molecule is COc1ccc(/C=C/C(=O)NC2=CC=C(CCCOc3c4occc4cc4ccc(=O)oc34)CC2)cc1. The lowest BCUT2D eigenvalue weighted by Crippen LogP contribution is -2.21. The van der Waals surface area contributed by atoms with E-state index in [1.54, 1.807) is 25.5 Å². The van der Waals surface area contributed by atoms with E-state index in [9.17, 15) is 9.59 Å². The minimum absolute atomic E-state index is 0.154. The van der Waals surface area contributed by atoms with E-state index in [0.717, 1.165) is 53.5 Å². The number of carbonyl (C=O) groups is 1. The first kappa shape index (κ1) is 24.2. The van der Waals surface area contributed by atoms with Gasteiger partial charge in [-0.3, -0.25) is 4.79 Å². The van der Waals surface area contributed by atoms with Crippen LogP contribution in [0, 0.1) is 0 Å². The number of carbonyl (C=O) groups excluding carboxylic acids is 1.